The fourth-order valence-corrected chi connectivity index (χ4v) is 17.5. The SMILES string of the molecule is O=C1C2CCCC3OC4OC5(CO)C=CC(C(O)(C4O)C5O)C45CCCC4CCC4C[NH2+]C(CC45)NCSSCC4(C(=O)C32)C(O)=CC(CC2CCCC(CO)C2)=CC14. The van der Waals surface area contributed by atoms with Gasteiger partial charge in [-0.15, -0.1) is 0 Å². The maximum Gasteiger partial charge on any atom is 0.188 e. The molecule has 3 heterocycles. The first-order chi connectivity index (χ1) is 28.5. The maximum absolute atomic E-state index is 15.4. The van der Waals surface area contributed by atoms with E-state index < -0.39 is 71.5 Å². The Kier molecular flexibility index (Phi) is 11.1. The van der Waals surface area contributed by atoms with Crippen LogP contribution >= 0.6 is 21.6 Å². The Morgan fingerprint density at radius 1 is 0.966 bits per heavy atom. The number of ketones is 2. The summed E-state index contributed by atoms with van der Waals surface area (Å²) in [6.45, 7) is 0.441. The number of allylic oxidation sites excluding steroid dienone is 4. The molecule has 18 atom stereocenters. The van der Waals surface area contributed by atoms with Crippen molar-refractivity contribution < 1.29 is 55.0 Å². The second-order valence-corrected chi connectivity index (χ2v) is 22.8. The lowest BCUT2D eigenvalue weighted by atomic mass is 9.45. The van der Waals surface area contributed by atoms with Gasteiger partial charge in [0.2, 0.25) is 0 Å². The zero-order valence-corrected chi connectivity index (χ0v) is 35.7. The van der Waals surface area contributed by atoms with Crippen molar-refractivity contribution in [3.8, 4) is 0 Å². The number of aliphatic hydroxyl groups excluding tert-OH is 5. The second-order valence-electron chi connectivity index (χ2n) is 20.4. The van der Waals surface area contributed by atoms with E-state index in [1.54, 1.807) is 22.9 Å². The summed E-state index contributed by atoms with van der Waals surface area (Å²) in [7, 11) is 3.12. The summed E-state index contributed by atoms with van der Waals surface area (Å²) in [4.78, 5) is 30.4. The van der Waals surface area contributed by atoms with Crippen LogP contribution in [0.2, 0.25) is 0 Å². The number of carbonyl (C=O) groups is 2. The molecule has 5 saturated carbocycles. The molecule has 0 amide bonds. The molecule has 2 spiro atoms. The van der Waals surface area contributed by atoms with Crippen LogP contribution in [0.4, 0.5) is 0 Å². The molecule has 3 saturated heterocycles. The third kappa shape index (κ3) is 6.25. The van der Waals surface area contributed by atoms with Crippen LogP contribution in [0.1, 0.15) is 89.9 Å². The Bertz CT molecular complexity index is 1760. The summed E-state index contributed by atoms with van der Waals surface area (Å²) >= 11 is 0. The van der Waals surface area contributed by atoms with Gasteiger partial charge in [-0.3, -0.25) is 14.9 Å². The Balaban J connectivity index is 1.04. The van der Waals surface area contributed by atoms with Gasteiger partial charge in [-0.1, -0.05) is 65.5 Å². The summed E-state index contributed by atoms with van der Waals surface area (Å²) in [6.07, 6.45) is 13.7. The molecule has 59 heavy (non-hydrogen) atoms. The fraction of sp³-hybridized carbons (Fsp3) is 0.822. The number of piperidine rings is 1. The molecule has 3 aliphatic heterocycles. The summed E-state index contributed by atoms with van der Waals surface area (Å²) in [5.41, 5.74) is -4.90. The fourth-order valence-electron chi connectivity index (χ4n) is 15.1. The zero-order chi connectivity index (χ0) is 40.9. The van der Waals surface area contributed by atoms with Crippen LogP contribution in [-0.4, -0.2) is 116 Å². The average molecular weight is 858 g/mol. The highest BCUT2D eigenvalue weighted by Crippen LogP contribution is 2.67. The minimum absolute atomic E-state index is 0.0815. The third-order valence-electron chi connectivity index (χ3n) is 17.9. The molecule has 0 aromatic rings. The molecular weight excluding hydrogens is 793 g/mol. The summed E-state index contributed by atoms with van der Waals surface area (Å²) < 4.78 is 13.2. The van der Waals surface area contributed by atoms with Crippen molar-refractivity contribution in [2.75, 3.05) is 31.4 Å². The topological polar surface area (TPSA) is 203 Å². The van der Waals surface area contributed by atoms with E-state index in [9.17, 15) is 35.4 Å². The minimum atomic E-state index is -2.12. The van der Waals surface area contributed by atoms with Gasteiger partial charge in [0, 0.05) is 36.5 Å². The van der Waals surface area contributed by atoms with Crippen LogP contribution in [0.5, 0.6) is 0 Å². The van der Waals surface area contributed by atoms with Gasteiger partial charge >= 0.3 is 0 Å². The number of nitrogens with one attached hydrogen (secondary N) is 1. The van der Waals surface area contributed by atoms with E-state index in [1.165, 1.54) is 10.8 Å². The van der Waals surface area contributed by atoms with Crippen molar-refractivity contribution in [3.05, 3.63) is 35.6 Å². The first kappa shape index (κ1) is 41.7. The number of nitrogens with two attached hydrogens (primary N) is 1. The zero-order valence-electron chi connectivity index (χ0n) is 34.0. The summed E-state index contributed by atoms with van der Waals surface area (Å²) in [6, 6.07) is 0. The average Bonchev–Trinajstić information content (AvgIpc) is 3.69. The van der Waals surface area contributed by atoms with Gasteiger partial charge in [-0.2, -0.15) is 0 Å². The highest BCUT2D eigenvalue weighted by molar-refractivity contribution is 8.76. The molecule has 0 aromatic heterocycles. The number of aliphatic hydroxyl groups is 6. The Hall–Kier alpha value is -1.30. The lowest BCUT2D eigenvalue weighted by Crippen LogP contribution is -2.97. The van der Waals surface area contributed by atoms with E-state index in [1.807, 2.05) is 12.2 Å². The van der Waals surface area contributed by atoms with Crippen molar-refractivity contribution in [2.24, 2.45) is 64.1 Å². The molecular formula is C45H65N2O10S2+. The first-order valence-corrected chi connectivity index (χ1v) is 25.3. The number of rotatable bonds is 4. The van der Waals surface area contributed by atoms with E-state index in [-0.39, 0.29) is 53.1 Å². The van der Waals surface area contributed by atoms with Crippen LogP contribution in [0.25, 0.3) is 0 Å². The minimum Gasteiger partial charge on any atom is -0.511 e. The monoisotopic (exact) mass is 857 g/mol. The number of carbonyl (C=O) groups excluding carboxylic acids is 2. The summed E-state index contributed by atoms with van der Waals surface area (Å²) in [5.74, 6) is -1.13. The van der Waals surface area contributed by atoms with Crippen LogP contribution in [0.15, 0.2) is 35.6 Å². The van der Waals surface area contributed by atoms with E-state index in [2.05, 4.69) is 10.6 Å². The van der Waals surface area contributed by atoms with E-state index in [0.29, 0.717) is 49.3 Å². The number of quaternary nitrogens is 1. The van der Waals surface area contributed by atoms with Gasteiger partial charge in [0.1, 0.15) is 46.5 Å². The van der Waals surface area contributed by atoms with E-state index in [0.717, 1.165) is 76.3 Å². The standard InChI is InChI=1S/C45H64N2O10S2/c48-20-25-5-1-4-24(14-25)15-26-16-31-37(51)29-7-2-8-32-36(29)38(52)44(31,34(50)17-26)22-58-59-23-47-35-18-30-27(19-46-35)9-10-28-6-3-12-43(28,30)33-11-13-42(21-49)41(54)45(33,55)39(53)40(56-32)57-42/h11,13,16-17,24-25,27-33,35-36,39-41,46-50,53-55H,1-10,12,14-15,18-23H2/p+1. The Labute approximate surface area is 355 Å². The van der Waals surface area contributed by atoms with Crippen molar-refractivity contribution in [1.82, 2.24) is 5.32 Å². The number of Topliss-reactive ketones (excluding diaryl/α,β-unsaturated/α-hetero) is 2. The van der Waals surface area contributed by atoms with Crippen molar-refractivity contribution >= 4 is 33.2 Å². The predicted octanol–water partition coefficient (Wildman–Crippen LogP) is 2.89. The number of hydrogen-bond donors (Lipinski definition) is 8. The van der Waals surface area contributed by atoms with E-state index >= 15 is 4.79 Å². The van der Waals surface area contributed by atoms with Gasteiger partial charge in [-0.25, -0.2) is 0 Å². The van der Waals surface area contributed by atoms with Crippen molar-refractivity contribution in [3.63, 3.8) is 0 Å². The normalized spacial score (nSPS) is 52.1. The van der Waals surface area contributed by atoms with Crippen molar-refractivity contribution in [2.45, 2.75) is 132 Å². The molecule has 7 aliphatic carbocycles. The molecule has 12 nitrogen and oxygen atoms in total. The molecule has 18 unspecified atom stereocenters. The van der Waals surface area contributed by atoms with Gasteiger partial charge in [0.15, 0.2) is 12.1 Å². The van der Waals surface area contributed by atoms with Crippen LogP contribution in [-0.2, 0) is 19.1 Å². The first-order valence-electron chi connectivity index (χ1n) is 22.8. The smallest absolute Gasteiger partial charge is 0.188 e. The molecule has 7 bridgehead atoms. The lowest BCUT2D eigenvalue weighted by Gasteiger charge is -2.64. The second kappa shape index (κ2) is 15.7. The molecule has 326 valence electrons. The Morgan fingerprint density at radius 3 is 2.63 bits per heavy atom. The molecule has 14 heteroatoms. The van der Waals surface area contributed by atoms with E-state index in [4.69, 9.17) is 9.47 Å². The van der Waals surface area contributed by atoms with Crippen molar-refractivity contribution in [1.29, 1.82) is 0 Å². The number of hydrogen-bond acceptors (Lipinski definition) is 13. The third-order valence-corrected chi connectivity index (χ3v) is 20.1. The summed E-state index contributed by atoms with van der Waals surface area (Å²) in [5, 5.41) is 77.2. The lowest BCUT2D eigenvalue weighted by molar-refractivity contribution is -0.713. The molecule has 8 fully saturated rings. The van der Waals surface area contributed by atoms with Crippen LogP contribution in [0, 0.1) is 64.1 Å². The van der Waals surface area contributed by atoms with Gasteiger partial charge in [-0.05, 0) is 98.5 Å². The molecule has 0 aromatic carbocycles. The van der Waals surface area contributed by atoms with Gasteiger partial charge in [0.25, 0.3) is 0 Å². The largest absolute Gasteiger partial charge is 0.511 e. The molecule has 10 rings (SSSR count). The quantitative estimate of drug-likeness (QED) is 0.152. The van der Waals surface area contributed by atoms with Crippen LogP contribution < -0.4 is 10.6 Å². The Morgan fingerprint density at radius 2 is 1.80 bits per heavy atom. The van der Waals surface area contributed by atoms with Crippen LogP contribution in [0.3, 0.4) is 0 Å². The molecule has 0 radical (unpaired) electrons. The molecule has 9 N–H and O–H groups in total. The highest BCUT2D eigenvalue weighted by atomic mass is 33.1. The number of fused-ring (bicyclic) bond motifs is 3. The maximum atomic E-state index is 15.4. The number of ether oxygens (including phenoxy) is 2. The highest BCUT2D eigenvalue weighted by Gasteiger charge is 2.73. The van der Waals surface area contributed by atoms with Gasteiger partial charge in [0.05, 0.1) is 37.0 Å². The van der Waals surface area contributed by atoms with Gasteiger partial charge < -0.3 is 45.4 Å². The molecule has 10 aliphatic rings. The predicted molar refractivity (Wildman–Crippen MR) is 221 cm³/mol.